The highest BCUT2D eigenvalue weighted by atomic mass is 16.2. The summed E-state index contributed by atoms with van der Waals surface area (Å²) in [6.07, 6.45) is 5.43. The molecular formula is C29H35N5O2. The van der Waals surface area contributed by atoms with E-state index in [4.69, 9.17) is 0 Å². The number of hydrogen-bond acceptors (Lipinski definition) is 4. The van der Waals surface area contributed by atoms with Crippen LogP contribution in [0.4, 0.5) is 0 Å². The normalized spacial score (nSPS) is 16.6. The number of carbonyl (C=O) groups is 1. The summed E-state index contributed by atoms with van der Waals surface area (Å²) in [5.74, 6) is -0.189. The van der Waals surface area contributed by atoms with Gasteiger partial charge in [-0.2, -0.15) is 5.10 Å². The number of rotatable bonds is 7. The van der Waals surface area contributed by atoms with E-state index in [1.54, 1.807) is 6.20 Å². The molecule has 0 spiro atoms. The molecular weight excluding hydrogens is 450 g/mol. The summed E-state index contributed by atoms with van der Waals surface area (Å²) in [5.41, 5.74) is 4.88. The Morgan fingerprint density at radius 3 is 2.78 bits per heavy atom. The molecule has 7 heteroatoms. The number of para-hydroxylation sites is 1. The molecule has 2 aromatic heterocycles. The first kappa shape index (κ1) is 24.3. The van der Waals surface area contributed by atoms with Gasteiger partial charge in [0.15, 0.2) is 0 Å². The van der Waals surface area contributed by atoms with Gasteiger partial charge < -0.3 is 9.88 Å². The van der Waals surface area contributed by atoms with Gasteiger partial charge in [-0.15, -0.1) is 0 Å². The lowest BCUT2D eigenvalue weighted by Crippen LogP contribution is -2.43. The number of nitrogens with one attached hydrogen (secondary N) is 1. The minimum Gasteiger partial charge on any atom is -0.353 e. The van der Waals surface area contributed by atoms with Gasteiger partial charge in [0, 0.05) is 42.0 Å². The molecule has 0 saturated carbocycles. The number of piperidine rings is 1. The lowest BCUT2D eigenvalue weighted by molar-refractivity contribution is -0.122. The van der Waals surface area contributed by atoms with Gasteiger partial charge in [0.1, 0.15) is 12.1 Å². The molecule has 1 unspecified atom stereocenters. The highest BCUT2D eigenvalue weighted by molar-refractivity contribution is 6.07. The van der Waals surface area contributed by atoms with E-state index in [1.165, 1.54) is 40.6 Å². The minimum atomic E-state index is -0.242. The van der Waals surface area contributed by atoms with E-state index in [9.17, 15) is 9.59 Å². The van der Waals surface area contributed by atoms with Gasteiger partial charge in [-0.05, 0) is 57.4 Å². The molecule has 1 aliphatic heterocycles. The molecule has 0 bridgehead atoms. The van der Waals surface area contributed by atoms with E-state index in [2.05, 4.69) is 58.9 Å². The fourth-order valence-corrected chi connectivity index (χ4v) is 5.43. The van der Waals surface area contributed by atoms with E-state index in [0.29, 0.717) is 24.6 Å². The molecule has 36 heavy (non-hydrogen) atoms. The Hall–Kier alpha value is -3.45. The van der Waals surface area contributed by atoms with Crippen LogP contribution in [0.3, 0.4) is 0 Å². The molecule has 1 saturated heterocycles. The molecule has 7 nitrogen and oxygen atoms in total. The van der Waals surface area contributed by atoms with Crippen LogP contribution in [0.25, 0.3) is 21.8 Å². The van der Waals surface area contributed by atoms with Crippen LogP contribution in [-0.4, -0.2) is 50.8 Å². The molecule has 1 fully saturated rings. The summed E-state index contributed by atoms with van der Waals surface area (Å²) in [6, 6.07) is 15.0. The third-order valence-electron chi connectivity index (χ3n) is 7.56. The quantitative estimate of drug-likeness (QED) is 0.429. The molecule has 3 heterocycles. The van der Waals surface area contributed by atoms with Gasteiger partial charge >= 0.3 is 0 Å². The van der Waals surface area contributed by atoms with Gasteiger partial charge in [0.25, 0.3) is 5.56 Å². The van der Waals surface area contributed by atoms with E-state index < -0.39 is 0 Å². The largest absolute Gasteiger partial charge is 0.353 e. The molecule has 1 N–H and O–H groups in total. The van der Waals surface area contributed by atoms with E-state index in [-0.39, 0.29) is 18.0 Å². The summed E-state index contributed by atoms with van der Waals surface area (Å²) in [6.45, 7) is 9.40. The molecule has 1 amide bonds. The van der Waals surface area contributed by atoms with Crippen molar-refractivity contribution in [2.75, 3.05) is 19.6 Å². The molecule has 4 aromatic rings. The van der Waals surface area contributed by atoms with Crippen molar-refractivity contribution in [1.29, 1.82) is 0 Å². The van der Waals surface area contributed by atoms with Crippen LogP contribution in [0.1, 0.15) is 42.9 Å². The van der Waals surface area contributed by atoms with Crippen molar-refractivity contribution in [3.05, 3.63) is 75.7 Å². The van der Waals surface area contributed by atoms with Crippen LogP contribution >= 0.6 is 0 Å². The van der Waals surface area contributed by atoms with Crippen molar-refractivity contribution >= 4 is 27.7 Å². The van der Waals surface area contributed by atoms with Crippen molar-refractivity contribution in [1.82, 2.24) is 24.6 Å². The van der Waals surface area contributed by atoms with Crippen LogP contribution < -0.4 is 10.9 Å². The lowest BCUT2D eigenvalue weighted by Gasteiger charge is -2.33. The second kappa shape index (κ2) is 10.3. The number of hydrogen-bond donors (Lipinski definition) is 1. The van der Waals surface area contributed by atoms with E-state index in [1.807, 2.05) is 24.3 Å². The summed E-state index contributed by atoms with van der Waals surface area (Å²) in [5, 5.41) is 9.17. The molecule has 1 aliphatic rings. The Kier molecular flexibility index (Phi) is 6.92. The summed E-state index contributed by atoms with van der Waals surface area (Å²) in [7, 11) is 0. The average molecular weight is 486 g/mol. The summed E-state index contributed by atoms with van der Waals surface area (Å²) in [4.78, 5) is 28.8. The standard InChI is InChI=1S/C29H35N5O2/c1-20-11-12-21(2)23(16-20)18-33-26-10-5-4-9-24(26)25-17-31-34(29(36)28(25)33)19-27(35)30-13-15-32-14-7-6-8-22(32)3/h4-5,9-12,16-17,22H,6-8,13-15,18-19H2,1-3H3,(H,30,35). The first-order valence-electron chi connectivity index (χ1n) is 13.0. The fraction of sp³-hybridized carbons (Fsp3) is 0.414. The number of aromatic nitrogens is 3. The van der Waals surface area contributed by atoms with Crippen LogP contribution in [0.2, 0.25) is 0 Å². The zero-order valence-electron chi connectivity index (χ0n) is 21.5. The van der Waals surface area contributed by atoms with Gasteiger partial charge in [-0.1, -0.05) is 48.4 Å². The molecule has 5 rings (SSSR count). The molecule has 1 atom stereocenters. The predicted octanol–water partition coefficient (Wildman–Crippen LogP) is 4.01. The maximum absolute atomic E-state index is 13.7. The third-order valence-corrected chi connectivity index (χ3v) is 7.56. The zero-order valence-corrected chi connectivity index (χ0v) is 21.5. The Balaban J connectivity index is 1.42. The van der Waals surface area contributed by atoms with Crippen LogP contribution in [0.15, 0.2) is 53.5 Å². The average Bonchev–Trinajstić information content (AvgIpc) is 3.18. The second-order valence-electron chi connectivity index (χ2n) is 10.1. The molecule has 2 aromatic carbocycles. The number of carbonyl (C=O) groups excluding carboxylic acids is 1. The summed E-state index contributed by atoms with van der Waals surface area (Å²) >= 11 is 0. The van der Waals surface area contributed by atoms with Crippen molar-refractivity contribution in [3.8, 4) is 0 Å². The number of nitrogens with zero attached hydrogens (tertiary/aromatic N) is 4. The topological polar surface area (TPSA) is 72.2 Å². The second-order valence-corrected chi connectivity index (χ2v) is 10.1. The number of benzene rings is 2. The Morgan fingerprint density at radius 2 is 1.94 bits per heavy atom. The van der Waals surface area contributed by atoms with Crippen molar-refractivity contribution in [2.45, 2.75) is 59.2 Å². The first-order valence-corrected chi connectivity index (χ1v) is 13.0. The van der Waals surface area contributed by atoms with Crippen molar-refractivity contribution in [3.63, 3.8) is 0 Å². The van der Waals surface area contributed by atoms with Crippen LogP contribution in [0.5, 0.6) is 0 Å². The Bertz CT molecular complexity index is 1470. The van der Waals surface area contributed by atoms with E-state index in [0.717, 1.165) is 29.4 Å². The first-order chi connectivity index (χ1) is 17.4. The van der Waals surface area contributed by atoms with Crippen molar-refractivity contribution in [2.24, 2.45) is 0 Å². The highest BCUT2D eigenvalue weighted by Gasteiger charge is 2.19. The maximum atomic E-state index is 13.7. The Morgan fingerprint density at radius 1 is 1.11 bits per heavy atom. The smallest absolute Gasteiger partial charge is 0.291 e. The van der Waals surface area contributed by atoms with Gasteiger partial charge in [-0.3, -0.25) is 14.5 Å². The van der Waals surface area contributed by atoms with Crippen LogP contribution in [-0.2, 0) is 17.9 Å². The minimum absolute atomic E-state index is 0.0880. The molecule has 188 valence electrons. The number of fused-ring (bicyclic) bond motifs is 3. The predicted molar refractivity (Wildman–Crippen MR) is 144 cm³/mol. The number of amides is 1. The monoisotopic (exact) mass is 485 g/mol. The molecule has 0 aliphatic carbocycles. The SMILES string of the molecule is Cc1ccc(C)c(Cn2c3ccccc3c3cnn(CC(=O)NCCN4CCCCC4C)c(=O)c32)c1. The highest BCUT2D eigenvalue weighted by Crippen LogP contribution is 2.28. The summed E-state index contributed by atoms with van der Waals surface area (Å²) < 4.78 is 3.36. The fourth-order valence-electron chi connectivity index (χ4n) is 5.43. The number of likely N-dealkylation sites (tertiary alicyclic amines) is 1. The molecule has 0 radical (unpaired) electrons. The third kappa shape index (κ3) is 4.80. The zero-order chi connectivity index (χ0) is 25.2. The van der Waals surface area contributed by atoms with Gasteiger partial charge in [0.05, 0.1) is 6.20 Å². The van der Waals surface area contributed by atoms with Gasteiger partial charge in [0.2, 0.25) is 5.91 Å². The Labute approximate surface area is 211 Å². The van der Waals surface area contributed by atoms with Crippen LogP contribution in [0, 0.1) is 13.8 Å². The van der Waals surface area contributed by atoms with Crippen molar-refractivity contribution < 1.29 is 4.79 Å². The number of aryl methyl sites for hydroxylation is 2. The van der Waals surface area contributed by atoms with Gasteiger partial charge in [-0.25, -0.2) is 4.68 Å². The lowest BCUT2D eigenvalue weighted by atomic mass is 10.0. The van der Waals surface area contributed by atoms with E-state index >= 15 is 0 Å². The maximum Gasteiger partial charge on any atom is 0.291 e.